The lowest BCUT2D eigenvalue weighted by molar-refractivity contribution is 0.190. The SMILES string of the molecule is CC(CNC1CCC(C)(C)CC1)N1CCCC1. The molecule has 2 rings (SSSR count). The van der Waals surface area contributed by atoms with Crippen LogP contribution in [0.25, 0.3) is 0 Å². The van der Waals surface area contributed by atoms with Crippen LogP contribution in [0, 0.1) is 5.41 Å². The summed E-state index contributed by atoms with van der Waals surface area (Å²) in [5.41, 5.74) is 0.596. The van der Waals surface area contributed by atoms with Crippen molar-refractivity contribution < 1.29 is 0 Å². The molecule has 1 N–H and O–H groups in total. The first kappa shape index (κ1) is 13.4. The summed E-state index contributed by atoms with van der Waals surface area (Å²) in [6.07, 6.45) is 8.34. The Hall–Kier alpha value is -0.0800. The highest BCUT2D eigenvalue weighted by atomic mass is 15.2. The van der Waals surface area contributed by atoms with E-state index < -0.39 is 0 Å². The van der Waals surface area contributed by atoms with Gasteiger partial charge in [-0.3, -0.25) is 4.90 Å². The minimum Gasteiger partial charge on any atom is -0.312 e. The maximum atomic E-state index is 3.79. The molecule has 1 aliphatic carbocycles. The zero-order valence-corrected chi connectivity index (χ0v) is 12.0. The molecule has 0 amide bonds. The molecule has 100 valence electrons. The van der Waals surface area contributed by atoms with Crippen molar-refractivity contribution in [3.8, 4) is 0 Å². The Kier molecular flexibility index (Phi) is 4.48. The van der Waals surface area contributed by atoms with Gasteiger partial charge in [-0.1, -0.05) is 13.8 Å². The van der Waals surface area contributed by atoms with Gasteiger partial charge in [0, 0.05) is 18.6 Å². The van der Waals surface area contributed by atoms with E-state index >= 15 is 0 Å². The number of likely N-dealkylation sites (tertiary alicyclic amines) is 1. The molecule has 0 spiro atoms. The first-order valence-electron chi connectivity index (χ1n) is 7.54. The van der Waals surface area contributed by atoms with Gasteiger partial charge < -0.3 is 5.32 Å². The van der Waals surface area contributed by atoms with Crippen LogP contribution in [0.3, 0.4) is 0 Å². The van der Waals surface area contributed by atoms with E-state index in [2.05, 4.69) is 31.0 Å². The van der Waals surface area contributed by atoms with Crippen molar-refractivity contribution >= 4 is 0 Å². The summed E-state index contributed by atoms with van der Waals surface area (Å²) in [4.78, 5) is 2.64. The van der Waals surface area contributed by atoms with Gasteiger partial charge in [-0.05, 0) is 64.0 Å². The van der Waals surface area contributed by atoms with E-state index in [1.165, 1.54) is 58.2 Å². The Labute approximate surface area is 107 Å². The van der Waals surface area contributed by atoms with Crippen molar-refractivity contribution in [2.75, 3.05) is 19.6 Å². The normalized spacial score (nSPS) is 28.4. The minimum absolute atomic E-state index is 0.596. The summed E-state index contributed by atoms with van der Waals surface area (Å²) in [5.74, 6) is 0. The molecule has 0 bridgehead atoms. The predicted octanol–water partition coefficient (Wildman–Crippen LogP) is 3.03. The Morgan fingerprint density at radius 3 is 2.35 bits per heavy atom. The smallest absolute Gasteiger partial charge is 0.0192 e. The van der Waals surface area contributed by atoms with E-state index in [0.717, 1.165) is 12.1 Å². The lowest BCUT2D eigenvalue weighted by atomic mass is 9.75. The van der Waals surface area contributed by atoms with Gasteiger partial charge in [0.05, 0.1) is 0 Å². The third-order valence-corrected chi connectivity index (χ3v) is 4.81. The van der Waals surface area contributed by atoms with Gasteiger partial charge in [0.1, 0.15) is 0 Å². The molecule has 1 aliphatic heterocycles. The second kappa shape index (κ2) is 5.71. The van der Waals surface area contributed by atoms with Crippen molar-refractivity contribution in [2.24, 2.45) is 5.41 Å². The van der Waals surface area contributed by atoms with Crippen LogP contribution in [-0.2, 0) is 0 Å². The van der Waals surface area contributed by atoms with Gasteiger partial charge in [-0.2, -0.15) is 0 Å². The number of nitrogens with one attached hydrogen (secondary N) is 1. The van der Waals surface area contributed by atoms with Crippen molar-refractivity contribution in [3.05, 3.63) is 0 Å². The van der Waals surface area contributed by atoms with Gasteiger partial charge in [-0.25, -0.2) is 0 Å². The van der Waals surface area contributed by atoms with Gasteiger partial charge >= 0.3 is 0 Å². The molecule has 0 aromatic carbocycles. The highest BCUT2D eigenvalue weighted by Gasteiger charge is 2.27. The number of rotatable bonds is 4. The summed E-state index contributed by atoms with van der Waals surface area (Å²) in [5, 5.41) is 3.79. The fourth-order valence-electron chi connectivity index (χ4n) is 3.25. The van der Waals surface area contributed by atoms with Crippen LogP contribution in [0.4, 0.5) is 0 Å². The van der Waals surface area contributed by atoms with E-state index in [1.807, 2.05) is 0 Å². The van der Waals surface area contributed by atoms with Gasteiger partial charge in [0.25, 0.3) is 0 Å². The van der Waals surface area contributed by atoms with Crippen LogP contribution in [0.1, 0.15) is 59.3 Å². The third-order valence-electron chi connectivity index (χ3n) is 4.81. The lowest BCUT2D eigenvalue weighted by Gasteiger charge is -2.36. The van der Waals surface area contributed by atoms with Gasteiger partial charge in [0.15, 0.2) is 0 Å². The molecule has 1 saturated carbocycles. The molecule has 0 aromatic heterocycles. The molecule has 1 heterocycles. The zero-order chi connectivity index (χ0) is 12.3. The summed E-state index contributed by atoms with van der Waals surface area (Å²) in [6, 6.07) is 1.51. The quantitative estimate of drug-likeness (QED) is 0.810. The van der Waals surface area contributed by atoms with E-state index in [0.29, 0.717) is 5.41 Å². The molecule has 1 atom stereocenters. The van der Waals surface area contributed by atoms with E-state index in [9.17, 15) is 0 Å². The topological polar surface area (TPSA) is 15.3 Å². The first-order valence-corrected chi connectivity index (χ1v) is 7.54. The van der Waals surface area contributed by atoms with Crippen LogP contribution in [-0.4, -0.2) is 36.6 Å². The van der Waals surface area contributed by atoms with Crippen molar-refractivity contribution in [1.82, 2.24) is 10.2 Å². The Morgan fingerprint density at radius 2 is 1.76 bits per heavy atom. The van der Waals surface area contributed by atoms with Gasteiger partial charge in [0.2, 0.25) is 0 Å². The summed E-state index contributed by atoms with van der Waals surface area (Å²) in [6.45, 7) is 11.0. The fourth-order valence-corrected chi connectivity index (χ4v) is 3.25. The van der Waals surface area contributed by atoms with Crippen molar-refractivity contribution in [1.29, 1.82) is 0 Å². The van der Waals surface area contributed by atoms with Crippen LogP contribution in [0.15, 0.2) is 0 Å². The van der Waals surface area contributed by atoms with Crippen LogP contribution in [0.2, 0.25) is 0 Å². The van der Waals surface area contributed by atoms with E-state index in [-0.39, 0.29) is 0 Å². The second-order valence-corrected chi connectivity index (χ2v) is 6.94. The molecular weight excluding hydrogens is 208 g/mol. The van der Waals surface area contributed by atoms with E-state index in [1.54, 1.807) is 0 Å². The average Bonchev–Trinajstić information content (AvgIpc) is 2.80. The highest BCUT2D eigenvalue weighted by molar-refractivity contribution is 4.83. The first-order chi connectivity index (χ1) is 8.07. The summed E-state index contributed by atoms with van der Waals surface area (Å²) >= 11 is 0. The van der Waals surface area contributed by atoms with Crippen molar-refractivity contribution in [2.45, 2.75) is 71.4 Å². The molecular formula is C15H30N2. The largest absolute Gasteiger partial charge is 0.312 e. The summed E-state index contributed by atoms with van der Waals surface area (Å²) in [7, 11) is 0. The maximum absolute atomic E-state index is 3.79. The minimum atomic E-state index is 0.596. The molecule has 17 heavy (non-hydrogen) atoms. The molecule has 2 aliphatic rings. The number of hydrogen-bond acceptors (Lipinski definition) is 2. The number of nitrogens with zero attached hydrogens (tertiary/aromatic N) is 1. The number of hydrogen-bond donors (Lipinski definition) is 1. The molecule has 1 unspecified atom stereocenters. The standard InChI is InChI=1S/C15H30N2/c1-13(17-10-4-5-11-17)12-16-14-6-8-15(2,3)9-7-14/h13-14,16H,4-12H2,1-3H3. The fraction of sp³-hybridized carbons (Fsp3) is 1.00. The molecule has 1 saturated heterocycles. The second-order valence-electron chi connectivity index (χ2n) is 6.94. The van der Waals surface area contributed by atoms with Crippen LogP contribution < -0.4 is 5.32 Å². The third kappa shape index (κ3) is 3.96. The molecule has 2 nitrogen and oxygen atoms in total. The van der Waals surface area contributed by atoms with E-state index in [4.69, 9.17) is 0 Å². The highest BCUT2D eigenvalue weighted by Crippen LogP contribution is 2.34. The zero-order valence-electron chi connectivity index (χ0n) is 12.0. The Bertz CT molecular complexity index is 221. The average molecular weight is 238 g/mol. The molecule has 2 fully saturated rings. The monoisotopic (exact) mass is 238 g/mol. The molecule has 0 radical (unpaired) electrons. The summed E-state index contributed by atoms with van der Waals surface area (Å²) < 4.78 is 0. The van der Waals surface area contributed by atoms with Crippen molar-refractivity contribution in [3.63, 3.8) is 0 Å². The lowest BCUT2D eigenvalue weighted by Crippen LogP contribution is -2.44. The molecule has 2 heteroatoms. The Morgan fingerprint density at radius 1 is 1.18 bits per heavy atom. The molecule has 0 aromatic rings. The maximum Gasteiger partial charge on any atom is 0.0192 e. The van der Waals surface area contributed by atoms with Crippen LogP contribution in [0.5, 0.6) is 0 Å². The van der Waals surface area contributed by atoms with Gasteiger partial charge in [-0.15, -0.1) is 0 Å². The Balaban J connectivity index is 1.65. The van der Waals surface area contributed by atoms with Crippen LogP contribution >= 0.6 is 0 Å². The predicted molar refractivity (Wildman–Crippen MR) is 74.3 cm³/mol.